The number of nitrogens with zero attached hydrogens (tertiary/aromatic N) is 3. The number of aromatic nitrogens is 2. The Labute approximate surface area is 147 Å². The molecule has 5 nitrogen and oxygen atoms in total. The van der Waals surface area contributed by atoms with Crippen molar-refractivity contribution in [3.63, 3.8) is 0 Å². The van der Waals surface area contributed by atoms with E-state index in [1.165, 1.54) is 11.1 Å². The Balaban J connectivity index is 1.47. The number of piperidine rings is 1. The van der Waals surface area contributed by atoms with Crippen LogP contribution in [-0.2, 0) is 6.54 Å². The minimum Gasteiger partial charge on any atom is -0.326 e. The third kappa shape index (κ3) is 3.03. The van der Waals surface area contributed by atoms with Crippen LogP contribution in [0, 0.1) is 0 Å². The van der Waals surface area contributed by atoms with Crippen molar-refractivity contribution in [3.05, 3.63) is 66.0 Å². The molecule has 0 bridgehead atoms. The van der Waals surface area contributed by atoms with E-state index in [0.29, 0.717) is 12.5 Å². The van der Waals surface area contributed by atoms with Crippen LogP contribution in [0.25, 0.3) is 11.0 Å². The highest BCUT2D eigenvalue weighted by atomic mass is 16.2. The fraction of sp³-hybridized carbons (Fsp3) is 0.300. The van der Waals surface area contributed by atoms with Gasteiger partial charge in [-0.3, -0.25) is 9.55 Å². The van der Waals surface area contributed by atoms with Crippen molar-refractivity contribution < 1.29 is 4.79 Å². The molecule has 2 N–H and O–H groups in total. The van der Waals surface area contributed by atoms with Gasteiger partial charge >= 0.3 is 6.03 Å². The van der Waals surface area contributed by atoms with Crippen LogP contribution in [0.3, 0.4) is 0 Å². The third-order valence-corrected chi connectivity index (χ3v) is 5.09. The SMILES string of the molecule is NCc1cccc(C2CCN(C(=O)n3ccc4ncccc43)CC2)c1. The Hall–Kier alpha value is -2.66. The molecule has 1 aliphatic rings. The molecule has 0 unspecified atom stereocenters. The molecule has 1 saturated heterocycles. The van der Waals surface area contributed by atoms with Gasteiger partial charge in [-0.1, -0.05) is 24.3 Å². The van der Waals surface area contributed by atoms with Gasteiger partial charge < -0.3 is 10.6 Å². The van der Waals surface area contributed by atoms with Crippen LogP contribution >= 0.6 is 0 Å². The zero-order chi connectivity index (χ0) is 17.2. The van der Waals surface area contributed by atoms with Crippen LogP contribution in [0.5, 0.6) is 0 Å². The Kier molecular flexibility index (Phi) is 4.24. The lowest BCUT2D eigenvalue weighted by Gasteiger charge is -2.32. The van der Waals surface area contributed by atoms with Crippen molar-refractivity contribution in [3.8, 4) is 0 Å². The fourth-order valence-electron chi connectivity index (χ4n) is 3.66. The largest absolute Gasteiger partial charge is 0.328 e. The molecular weight excluding hydrogens is 312 g/mol. The normalized spacial score (nSPS) is 15.6. The highest BCUT2D eigenvalue weighted by molar-refractivity contribution is 5.89. The standard InChI is InChI=1S/C20H22N4O/c21-14-15-3-1-4-17(13-15)16-6-10-23(11-7-16)20(25)24-12-8-18-19(24)5-2-9-22-18/h1-5,8-9,12-13,16H,6-7,10-11,14,21H2. The van der Waals surface area contributed by atoms with Gasteiger partial charge in [0.05, 0.1) is 11.0 Å². The lowest BCUT2D eigenvalue weighted by molar-refractivity contribution is 0.184. The van der Waals surface area contributed by atoms with Gasteiger partial charge in [0.1, 0.15) is 0 Å². The van der Waals surface area contributed by atoms with E-state index in [4.69, 9.17) is 5.73 Å². The molecule has 3 heterocycles. The number of hydrogen-bond acceptors (Lipinski definition) is 3. The van der Waals surface area contributed by atoms with Gasteiger partial charge in [0.2, 0.25) is 0 Å². The summed E-state index contributed by atoms with van der Waals surface area (Å²) < 4.78 is 1.71. The van der Waals surface area contributed by atoms with Crippen LogP contribution in [0.2, 0.25) is 0 Å². The van der Waals surface area contributed by atoms with Crippen LogP contribution in [-0.4, -0.2) is 33.6 Å². The summed E-state index contributed by atoms with van der Waals surface area (Å²) in [7, 11) is 0. The van der Waals surface area contributed by atoms with Crippen molar-refractivity contribution in [1.29, 1.82) is 0 Å². The molecule has 1 fully saturated rings. The van der Waals surface area contributed by atoms with E-state index in [1.54, 1.807) is 10.8 Å². The highest BCUT2D eigenvalue weighted by Crippen LogP contribution is 2.29. The molecule has 0 radical (unpaired) electrons. The zero-order valence-electron chi connectivity index (χ0n) is 14.1. The van der Waals surface area contributed by atoms with Crippen molar-refractivity contribution in [2.75, 3.05) is 13.1 Å². The molecule has 0 atom stereocenters. The van der Waals surface area contributed by atoms with Crippen molar-refractivity contribution >= 4 is 17.1 Å². The molecule has 1 amide bonds. The van der Waals surface area contributed by atoms with Gasteiger partial charge in [-0.25, -0.2) is 4.79 Å². The summed E-state index contributed by atoms with van der Waals surface area (Å²) in [6.07, 6.45) is 5.53. The summed E-state index contributed by atoms with van der Waals surface area (Å²) in [5.74, 6) is 0.499. The number of carbonyl (C=O) groups is 1. The van der Waals surface area contributed by atoms with Crippen molar-refractivity contribution in [1.82, 2.24) is 14.5 Å². The van der Waals surface area contributed by atoms with E-state index in [2.05, 4.69) is 29.2 Å². The van der Waals surface area contributed by atoms with E-state index in [-0.39, 0.29) is 6.03 Å². The van der Waals surface area contributed by atoms with Gasteiger partial charge in [-0.2, -0.15) is 0 Å². The Morgan fingerprint density at radius 3 is 2.80 bits per heavy atom. The minimum absolute atomic E-state index is 0.0390. The maximum Gasteiger partial charge on any atom is 0.328 e. The highest BCUT2D eigenvalue weighted by Gasteiger charge is 2.25. The molecule has 4 rings (SSSR count). The van der Waals surface area contributed by atoms with Crippen molar-refractivity contribution in [2.45, 2.75) is 25.3 Å². The molecule has 1 aliphatic heterocycles. The average molecular weight is 334 g/mol. The Bertz CT molecular complexity index is 893. The zero-order valence-corrected chi connectivity index (χ0v) is 14.1. The summed E-state index contributed by atoms with van der Waals surface area (Å²) in [6, 6.07) is 14.2. The van der Waals surface area contributed by atoms with E-state index in [1.807, 2.05) is 29.3 Å². The van der Waals surface area contributed by atoms with Gasteiger partial charge in [0.15, 0.2) is 0 Å². The van der Waals surface area contributed by atoms with Crippen LogP contribution in [0.4, 0.5) is 4.79 Å². The first-order valence-electron chi connectivity index (χ1n) is 8.76. The molecule has 25 heavy (non-hydrogen) atoms. The summed E-state index contributed by atoms with van der Waals surface area (Å²) in [6.45, 7) is 2.12. The molecule has 128 valence electrons. The molecule has 1 aromatic carbocycles. The Morgan fingerprint density at radius 2 is 2.00 bits per heavy atom. The quantitative estimate of drug-likeness (QED) is 0.782. The van der Waals surface area contributed by atoms with E-state index < -0.39 is 0 Å². The average Bonchev–Trinajstić information content (AvgIpc) is 3.12. The second kappa shape index (κ2) is 6.69. The second-order valence-electron chi connectivity index (χ2n) is 6.59. The first-order valence-corrected chi connectivity index (χ1v) is 8.76. The Morgan fingerprint density at radius 1 is 1.16 bits per heavy atom. The molecule has 3 aromatic rings. The van der Waals surface area contributed by atoms with Gasteiger partial charge in [0.25, 0.3) is 0 Å². The number of likely N-dealkylation sites (tertiary alicyclic amines) is 1. The van der Waals surface area contributed by atoms with Crippen LogP contribution < -0.4 is 5.73 Å². The van der Waals surface area contributed by atoms with E-state index >= 15 is 0 Å². The topological polar surface area (TPSA) is 64.2 Å². The number of rotatable bonds is 2. The number of nitrogens with two attached hydrogens (primary N) is 1. The molecule has 2 aromatic heterocycles. The summed E-state index contributed by atoms with van der Waals surface area (Å²) >= 11 is 0. The van der Waals surface area contributed by atoms with E-state index in [0.717, 1.165) is 37.0 Å². The predicted octanol–water partition coefficient (Wildman–Crippen LogP) is 3.34. The number of fused-ring (bicyclic) bond motifs is 1. The monoisotopic (exact) mass is 334 g/mol. The van der Waals surface area contributed by atoms with Crippen LogP contribution in [0.1, 0.15) is 29.9 Å². The molecule has 0 saturated carbocycles. The van der Waals surface area contributed by atoms with Gasteiger partial charge in [-0.05, 0) is 48.1 Å². The fourth-order valence-corrected chi connectivity index (χ4v) is 3.66. The predicted molar refractivity (Wildman–Crippen MR) is 98.4 cm³/mol. The number of pyridine rings is 1. The van der Waals surface area contributed by atoms with Crippen LogP contribution in [0.15, 0.2) is 54.9 Å². The van der Waals surface area contributed by atoms with Gasteiger partial charge in [0, 0.05) is 32.0 Å². The van der Waals surface area contributed by atoms with Crippen molar-refractivity contribution in [2.24, 2.45) is 5.73 Å². The first kappa shape index (κ1) is 15.8. The number of hydrogen-bond donors (Lipinski definition) is 1. The first-order chi connectivity index (χ1) is 12.3. The number of carbonyl (C=O) groups excluding carboxylic acids is 1. The minimum atomic E-state index is 0.0390. The molecular formula is C20H22N4O. The summed E-state index contributed by atoms with van der Waals surface area (Å²) in [4.78, 5) is 19.1. The molecule has 0 aliphatic carbocycles. The number of amides is 1. The number of benzene rings is 1. The molecule has 5 heteroatoms. The maximum absolute atomic E-state index is 12.9. The second-order valence-corrected chi connectivity index (χ2v) is 6.59. The molecule has 0 spiro atoms. The smallest absolute Gasteiger partial charge is 0.326 e. The van der Waals surface area contributed by atoms with E-state index in [9.17, 15) is 4.79 Å². The maximum atomic E-state index is 12.9. The lowest BCUT2D eigenvalue weighted by atomic mass is 9.88. The third-order valence-electron chi connectivity index (χ3n) is 5.09. The summed E-state index contributed by atoms with van der Waals surface area (Å²) in [5, 5.41) is 0. The summed E-state index contributed by atoms with van der Waals surface area (Å²) in [5.41, 5.74) is 9.97. The van der Waals surface area contributed by atoms with Gasteiger partial charge in [-0.15, -0.1) is 0 Å². The lowest BCUT2D eigenvalue weighted by Crippen LogP contribution is -2.40.